The fourth-order valence-corrected chi connectivity index (χ4v) is 2.92. The molecule has 1 atom stereocenters. The van der Waals surface area contributed by atoms with E-state index in [-0.39, 0.29) is 5.91 Å². The van der Waals surface area contributed by atoms with Gasteiger partial charge in [0.25, 0.3) is 5.91 Å². The fourth-order valence-electron chi connectivity index (χ4n) is 2.74. The number of rotatable bonds is 3. The summed E-state index contributed by atoms with van der Waals surface area (Å²) in [4.78, 5) is 14.2. The molecule has 1 aliphatic rings. The van der Waals surface area contributed by atoms with Gasteiger partial charge in [0, 0.05) is 22.3 Å². The Hall–Kier alpha value is -2.71. The summed E-state index contributed by atoms with van der Waals surface area (Å²) in [5.74, 6) is 0.661. The molecule has 0 fully saturated rings. The molecule has 0 bridgehead atoms. The van der Waals surface area contributed by atoms with Gasteiger partial charge in [-0.15, -0.1) is 0 Å². The minimum Gasteiger partial charge on any atom is -0.497 e. The summed E-state index contributed by atoms with van der Waals surface area (Å²) in [6.07, 6.45) is 0. The van der Waals surface area contributed by atoms with E-state index in [1.54, 1.807) is 36.4 Å². The van der Waals surface area contributed by atoms with E-state index in [4.69, 9.17) is 21.1 Å². The Kier molecular flexibility index (Phi) is 3.85. The Morgan fingerprint density at radius 2 is 2.00 bits per heavy atom. The summed E-state index contributed by atoms with van der Waals surface area (Å²) >= 11 is 6.01. The Morgan fingerprint density at radius 3 is 2.61 bits per heavy atom. The molecule has 116 valence electrons. The van der Waals surface area contributed by atoms with Crippen molar-refractivity contribution in [2.24, 2.45) is 0 Å². The zero-order chi connectivity index (χ0) is 16.6. The first-order valence-corrected chi connectivity index (χ1v) is 7.23. The second-order valence-corrected chi connectivity index (χ2v) is 5.41. The lowest BCUT2D eigenvalue weighted by atomic mass is 10.0. The van der Waals surface area contributed by atoms with Crippen molar-refractivity contribution >= 4 is 23.2 Å². The van der Waals surface area contributed by atoms with Crippen molar-refractivity contribution in [1.82, 2.24) is 0 Å². The SMILES string of the molecule is COc1cc(OC)c2c(c1)C(=O)N(c1cccc(Cl)c1)C2C#N. The quantitative estimate of drug-likeness (QED) is 0.864. The van der Waals surface area contributed by atoms with Crippen molar-refractivity contribution < 1.29 is 14.3 Å². The van der Waals surface area contributed by atoms with Gasteiger partial charge in [-0.2, -0.15) is 5.26 Å². The summed E-state index contributed by atoms with van der Waals surface area (Å²) in [6, 6.07) is 11.5. The molecule has 23 heavy (non-hydrogen) atoms. The summed E-state index contributed by atoms with van der Waals surface area (Å²) in [7, 11) is 3.01. The number of carbonyl (C=O) groups excluding carboxylic acids is 1. The third-order valence-corrected chi connectivity index (χ3v) is 4.00. The van der Waals surface area contributed by atoms with E-state index in [1.807, 2.05) is 0 Å². The summed E-state index contributed by atoms with van der Waals surface area (Å²) < 4.78 is 10.6. The predicted octanol–water partition coefficient (Wildman–Crippen LogP) is 3.58. The summed E-state index contributed by atoms with van der Waals surface area (Å²) in [5, 5.41) is 10.1. The van der Waals surface area contributed by atoms with Gasteiger partial charge >= 0.3 is 0 Å². The predicted molar refractivity (Wildman–Crippen MR) is 86.2 cm³/mol. The van der Waals surface area contributed by atoms with Crippen LogP contribution in [0.1, 0.15) is 22.0 Å². The second-order valence-electron chi connectivity index (χ2n) is 4.98. The minimum atomic E-state index is -0.781. The van der Waals surface area contributed by atoms with Crippen molar-refractivity contribution in [3.8, 4) is 17.6 Å². The number of halogens is 1. The van der Waals surface area contributed by atoms with Crippen LogP contribution in [0.5, 0.6) is 11.5 Å². The average molecular weight is 329 g/mol. The van der Waals surface area contributed by atoms with Crippen LogP contribution < -0.4 is 14.4 Å². The number of benzene rings is 2. The summed E-state index contributed by atoms with van der Waals surface area (Å²) in [5.41, 5.74) is 1.50. The Balaban J connectivity index is 2.20. The Labute approximate surface area is 138 Å². The zero-order valence-corrected chi connectivity index (χ0v) is 13.3. The molecule has 0 aliphatic carbocycles. The molecule has 6 heteroatoms. The standard InChI is InChI=1S/C17H13ClN2O3/c1-22-12-7-13-16(15(8-12)23-2)14(9-19)20(17(13)21)11-5-3-4-10(18)6-11/h3-8,14H,1-2H3. The number of methoxy groups -OCH3 is 2. The second kappa shape index (κ2) is 5.82. The Morgan fingerprint density at radius 1 is 1.22 bits per heavy atom. The molecule has 5 nitrogen and oxygen atoms in total. The molecule has 3 rings (SSSR count). The van der Waals surface area contributed by atoms with Gasteiger partial charge in [0.1, 0.15) is 11.5 Å². The van der Waals surface area contributed by atoms with Crippen LogP contribution >= 0.6 is 11.6 Å². The molecule has 1 heterocycles. The molecule has 0 N–H and O–H groups in total. The maximum atomic E-state index is 12.8. The molecule has 1 amide bonds. The number of hydrogen-bond acceptors (Lipinski definition) is 4. The number of nitrogens with zero attached hydrogens (tertiary/aromatic N) is 2. The largest absolute Gasteiger partial charge is 0.497 e. The highest BCUT2D eigenvalue weighted by Gasteiger charge is 2.41. The number of anilines is 1. The molecule has 0 saturated carbocycles. The molecule has 2 aromatic rings. The van der Waals surface area contributed by atoms with E-state index in [0.717, 1.165) is 0 Å². The zero-order valence-electron chi connectivity index (χ0n) is 12.5. The maximum absolute atomic E-state index is 12.8. The molecular formula is C17H13ClN2O3. The molecule has 0 saturated heterocycles. The van der Waals surface area contributed by atoms with Crippen LogP contribution in [0.15, 0.2) is 36.4 Å². The number of hydrogen-bond donors (Lipinski definition) is 0. The van der Waals surface area contributed by atoms with Crippen LogP contribution in [-0.4, -0.2) is 20.1 Å². The first-order chi connectivity index (χ1) is 11.1. The fraction of sp³-hybridized carbons (Fsp3) is 0.176. The number of nitriles is 1. The van der Waals surface area contributed by atoms with Gasteiger partial charge in [0.05, 0.1) is 25.9 Å². The van der Waals surface area contributed by atoms with Crippen LogP contribution in [0.25, 0.3) is 0 Å². The van der Waals surface area contributed by atoms with Crippen molar-refractivity contribution in [2.75, 3.05) is 19.1 Å². The van der Waals surface area contributed by atoms with Gasteiger partial charge in [0.2, 0.25) is 0 Å². The molecule has 2 aromatic carbocycles. The van der Waals surface area contributed by atoms with Crippen LogP contribution in [0.3, 0.4) is 0 Å². The lowest BCUT2D eigenvalue weighted by Crippen LogP contribution is -2.26. The molecule has 0 spiro atoms. The van der Waals surface area contributed by atoms with Gasteiger partial charge in [-0.3, -0.25) is 9.69 Å². The minimum absolute atomic E-state index is 0.286. The van der Waals surface area contributed by atoms with Crippen molar-refractivity contribution in [3.63, 3.8) is 0 Å². The van der Waals surface area contributed by atoms with E-state index in [1.165, 1.54) is 19.1 Å². The monoisotopic (exact) mass is 328 g/mol. The smallest absolute Gasteiger partial charge is 0.260 e. The highest BCUT2D eigenvalue weighted by molar-refractivity contribution is 6.31. The molecule has 1 unspecified atom stereocenters. The highest BCUT2D eigenvalue weighted by atomic mass is 35.5. The first kappa shape index (κ1) is 15.2. The van der Waals surface area contributed by atoms with Gasteiger partial charge in [-0.05, 0) is 24.3 Å². The highest BCUT2D eigenvalue weighted by Crippen LogP contribution is 2.44. The lowest BCUT2D eigenvalue weighted by Gasteiger charge is -2.20. The van der Waals surface area contributed by atoms with E-state index < -0.39 is 6.04 Å². The van der Waals surface area contributed by atoms with Gasteiger partial charge < -0.3 is 9.47 Å². The molecule has 0 radical (unpaired) electrons. The third-order valence-electron chi connectivity index (χ3n) is 3.76. The summed E-state index contributed by atoms with van der Waals surface area (Å²) in [6.45, 7) is 0. The molecule has 1 aliphatic heterocycles. The van der Waals surface area contributed by atoms with Crippen LogP contribution in [0, 0.1) is 11.3 Å². The maximum Gasteiger partial charge on any atom is 0.260 e. The number of ether oxygens (including phenoxy) is 2. The normalized spacial score (nSPS) is 16.0. The van der Waals surface area contributed by atoms with E-state index in [2.05, 4.69) is 6.07 Å². The van der Waals surface area contributed by atoms with E-state index in [0.29, 0.717) is 33.3 Å². The third kappa shape index (κ3) is 2.37. The Bertz CT molecular complexity index is 829. The van der Waals surface area contributed by atoms with Crippen LogP contribution in [0.4, 0.5) is 5.69 Å². The lowest BCUT2D eigenvalue weighted by molar-refractivity contribution is 0.0994. The van der Waals surface area contributed by atoms with Gasteiger partial charge in [-0.1, -0.05) is 17.7 Å². The van der Waals surface area contributed by atoms with Crippen molar-refractivity contribution in [2.45, 2.75) is 6.04 Å². The van der Waals surface area contributed by atoms with E-state index >= 15 is 0 Å². The number of fused-ring (bicyclic) bond motifs is 1. The number of amides is 1. The molecular weight excluding hydrogens is 316 g/mol. The van der Waals surface area contributed by atoms with Gasteiger partial charge in [-0.25, -0.2) is 0 Å². The number of carbonyl (C=O) groups is 1. The first-order valence-electron chi connectivity index (χ1n) is 6.85. The molecule has 0 aromatic heterocycles. The van der Waals surface area contributed by atoms with Gasteiger partial charge in [0.15, 0.2) is 6.04 Å². The van der Waals surface area contributed by atoms with E-state index in [9.17, 15) is 10.1 Å². The van der Waals surface area contributed by atoms with Crippen LogP contribution in [-0.2, 0) is 0 Å². The topological polar surface area (TPSA) is 62.6 Å². The van der Waals surface area contributed by atoms with Crippen LogP contribution in [0.2, 0.25) is 5.02 Å². The average Bonchev–Trinajstić information content (AvgIpc) is 2.86. The van der Waals surface area contributed by atoms with Crippen molar-refractivity contribution in [3.05, 3.63) is 52.5 Å². The van der Waals surface area contributed by atoms with Crippen molar-refractivity contribution in [1.29, 1.82) is 5.26 Å².